The van der Waals surface area contributed by atoms with Crippen LogP contribution in [0.5, 0.6) is 0 Å². The van der Waals surface area contributed by atoms with Crippen molar-refractivity contribution in [1.82, 2.24) is 15.5 Å². The zero-order valence-electron chi connectivity index (χ0n) is 9.25. The molecule has 1 fully saturated rings. The smallest absolute Gasteiger partial charge is 0.0588 e. The maximum absolute atomic E-state index is 5.56. The van der Waals surface area contributed by atoms with E-state index in [4.69, 9.17) is 4.74 Å². The van der Waals surface area contributed by atoms with Crippen LogP contribution in [0.2, 0.25) is 0 Å². The number of rotatable bonds is 5. The van der Waals surface area contributed by atoms with E-state index < -0.39 is 0 Å². The van der Waals surface area contributed by atoms with E-state index in [1.807, 2.05) is 13.1 Å². The number of aromatic amines is 1. The quantitative estimate of drug-likeness (QED) is 0.720. The predicted octanol–water partition coefficient (Wildman–Crippen LogP) is 1.38. The maximum atomic E-state index is 5.56. The number of ether oxygens (including phenoxy) is 1. The van der Waals surface area contributed by atoms with Crippen molar-refractivity contribution in [3.8, 4) is 0 Å². The fourth-order valence-corrected chi connectivity index (χ4v) is 1.91. The molecule has 0 spiro atoms. The molecule has 15 heavy (non-hydrogen) atoms. The topological polar surface area (TPSA) is 49.9 Å². The van der Waals surface area contributed by atoms with Crippen molar-refractivity contribution in [2.45, 2.75) is 38.8 Å². The highest BCUT2D eigenvalue weighted by molar-refractivity contribution is 5.13. The summed E-state index contributed by atoms with van der Waals surface area (Å²) in [5.74, 6) is 0. The average molecular weight is 209 g/mol. The van der Waals surface area contributed by atoms with Gasteiger partial charge >= 0.3 is 0 Å². The Morgan fingerprint density at radius 2 is 2.60 bits per heavy atom. The molecule has 0 saturated carbocycles. The highest BCUT2D eigenvalue weighted by Crippen LogP contribution is 2.14. The van der Waals surface area contributed by atoms with Gasteiger partial charge in [0.1, 0.15) is 0 Å². The minimum Gasteiger partial charge on any atom is -0.378 e. The van der Waals surface area contributed by atoms with Crippen LogP contribution in [0.4, 0.5) is 0 Å². The third kappa shape index (κ3) is 3.04. The van der Waals surface area contributed by atoms with Gasteiger partial charge in [-0.3, -0.25) is 5.10 Å². The van der Waals surface area contributed by atoms with Crippen LogP contribution < -0.4 is 5.32 Å². The van der Waals surface area contributed by atoms with Crippen LogP contribution in [-0.4, -0.2) is 29.5 Å². The van der Waals surface area contributed by atoms with Crippen molar-refractivity contribution in [3.05, 3.63) is 17.5 Å². The molecule has 0 aliphatic carbocycles. The van der Waals surface area contributed by atoms with Crippen LogP contribution in [0, 0.1) is 6.92 Å². The molecule has 84 valence electrons. The van der Waals surface area contributed by atoms with Crippen molar-refractivity contribution in [2.75, 3.05) is 13.2 Å². The summed E-state index contributed by atoms with van der Waals surface area (Å²) in [5, 5.41) is 10.3. The summed E-state index contributed by atoms with van der Waals surface area (Å²) in [6, 6.07) is 0. The third-order valence-corrected chi connectivity index (χ3v) is 2.92. The molecule has 0 radical (unpaired) electrons. The van der Waals surface area contributed by atoms with E-state index in [-0.39, 0.29) is 0 Å². The number of aromatic nitrogens is 2. The number of hydrogen-bond acceptors (Lipinski definition) is 3. The van der Waals surface area contributed by atoms with Gasteiger partial charge in [-0.15, -0.1) is 0 Å². The second-order valence-corrected chi connectivity index (χ2v) is 4.12. The molecular formula is C11H19N3O. The SMILES string of the molecule is Cc1[nH]ncc1CNCCC1CCCO1. The number of H-pyrrole nitrogens is 1. The fraction of sp³-hybridized carbons (Fsp3) is 0.727. The number of nitrogens with zero attached hydrogens (tertiary/aromatic N) is 1. The molecule has 1 aliphatic heterocycles. The van der Waals surface area contributed by atoms with Crippen LogP contribution in [0.15, 0.2) is 6.20 Å². The molecular weight excluding hydrogens is 190 g/mol. The van der Waals surface area contributed by atoms with Crippen LogP contribution in [0.25, 0.3) is 0 Å². The van der Waals surface area contributed by atoms with Gasteiger partial charge in [0.2, 0.25) is 0 Å². The molecule has 1 unspecified atom stereocenters. The standard InChI is InChI=1S/C11H19N3O/c1-9-10(8-13-14-9)7-12-5-4-11-3-2-6-15-11/h8,11-12H,2-7H2,1H3,(H,13,14). The van der Waals surface area contributed by atoms with Gasteiger partial charge < -0.3 is 10.1 Å². The van der Waals surface area contributed by atoms with E-state index in [0.29, 0.717) is 6.10 Å². The molecule has 2 N–H and O–H groups in total. The fourth-order valence-electron chi connectivity index (χ4n) is 1.91. The van der Waals surface area contributed by atoms with Crippen molar-refractivity contribution in [2.24, 2.45) is 0 Å². The van der Waals surface area contributed by atoms with Gasteiger partial charge in [0.15, 0.2) is 0 Å². The minimum atomic E-state index is 0.489. The summed E-state index contributed by atoms with van der Waals surface area (Å²) in [4.78, 5) is 0. The first-order valence-corrected chi connectivity index (χ1v) is 5.67. The molecule has 2 heterocycles. The van der Waals surface area contributed by atoms with Gasteiger partial charge in [-0.2, -0.15) is 5.10 Å². The van der Waals surface area contributed by atoms with E-state index in [9.17, 15) is 0 Å². The summed E-state index contributed by atoms with van der Waals surface area (Å²) >= 11 is 0. The van der Waals surface area contributed by atoms with Crippen molar-refractivity contribution in [3.63, 3.8) is 0 Å². The van der Waals surface area contributed by atoms with Gasteiger partial charge in [0.25, 0.3) is 0 Å². The van der Waals surface area contributed by atoms with E-state index in [0.717, 1.165) is 31.8 Å². The first-order valence-electron chi connectivity index (χ1n) is 5.67. The Labute approximate surface area is 90.4 Å². The minimum absolute atomic E-state index is 0.489. The molecule has 1 aliphatic rings. The first-order chi connectivity index (χ1) is 7.36. The Balaban J connectivity index is 1.60. The lowest BCUT2D eigenvalue weighted by Crippen LogP contribution is -2.19. The highest BCUT2D eigenvalue weighted by atomic mass is 16.5. The Morgan fingerprint density at radius 1 is 1.67 bits per heavy atom. The van der Waals surface area contributed by atoms with Gasteiger partial charge in [-0.05, 0) is 32.7 Å². The lowest BCUT2D eigenvalue weighted by molar-refractivity contribution is 0.104. The highest BCUT2D eigenvalue weighted by Gasteiger charge is 2.14. The molecule has 1 saturated heterocycles. The van der Waals surface area contributed by atoms with Crippen LogP contribution in [0.1, 0.15) is 30.5 Å². The largest absolute Gasteiger partial charge is 0.378 e. The van der Waals surface area contributed by atoms with E-state index >= 15 is 0 Å². The Hall–Kier alpha value is -0.870. The molecule has 1 atom stereocenters. The summed E-state index contributed by atoms with van der Waals surface area (Å²) in [7, 11) is 0. The van der Waals surface area contributed by atoms with E-state index in [1.54, 1.807) is 0 Å². The molecule has 0 aromatic carbocycles. The molecule has 4 heteroatoms. The summed E-state index contributed by atoms with van der Waals surface area (Å²) in [5.41, 5.74) is 2.40. The van der Waals surface area contributed by atoms with Crippen LogP contribution in [-0.2, 0) is 11.3 Å². The average Bonchev–Trinajstić information content (AvgIpc) is 2.85. The number of hydrogen-bond donors (Lipinski definition) is 2. The van der Waals surface area contributed by atoms with Gasteiger partial charge in [0, 0.05) is 24.4 Å². The molecule has 1 aromatic rings. The predicted molar refractivity (Wildman–Crippen MR) is 58.6 cm³/mol. The molecule has 4 nitrogen and oxygen atoms in total. The van der Waals surface area contributed by atoms with E-state index in [1.165, 1.54) is 18.4 Å². The van der Waals surface area contributed by atoms with Crippen molar-refractivity contribution < 1.29 is 4.74 Å². The Morgan fingerprint density at radius 3 is 3.27 bits per heavy atom. The van der Waals surface area contributed by atoms with Crippen molar-refractivity contribution >= 4 is 0 Å². The van der Waals surface area contributed by atoms with Gasteiger partial charge in [-0.25, -0.2) is 0 Å². The zero-order chi connectivity index (χ0) is 10.5. The van der Waals surface area contributed by atoms with Crippen LogP contribution in [0.3, 0.4) is 0 Å². The second kappa shape index (κ2) is 5.28. The van der Waals surface area contributed by atoms with Gasteiger partial charge in [0.05, 0.1) is 12.3 Å². The lowest BCUT2D eigenvalue weighted by Gasteiger charge is -2.09. The molecule has 1 aromatic heterocycles. The monoisotopic (exact) mass is 209 g/mol. The zero-order valence-corrected chi connectivity index (χ0v) is 9.25. The second-order valence-electron chi connectivity index (χ2n) is 4.12. The number of nitrogens with one attached hydrogen (secondary N) is 2. The Bertz CT molecular complexity index is 292. The summed E-state index contributed by atoms with van der Waals surface area (Å²) in [6.07, 6.45) is 5.95. The van der Waals surface area contributed by atoms with Crippen molar-refractivity contribution in [1.29, 1.82) is 0 Å². The molecule has 0 bridgehead atoms. The number of aryl methyl sites for hydroxylation is 1. The third-order valence-electron chi connectivity index (χ3n) is 2.92. The summed E-state index contributed by atoms with van der Waals surface area (Å²) < 4.78 is 5.56. The molecule has 2 rings (SSSR count). The summed E-state index contributed by atoms with van der Waals surface area (Å²) in [6.45, 7) is 4.92. The Kier molecular flexibility index (Phi) is 3.75. The maximum Gasteiger partial charge on any atom is 0.0588 e. The lowest BCUT2D eigenvalue weighted by atomic mass is 10.2. The molecule has 0 amide bonds. The van der Waals surface area contributed by atoms with E-state index in [2.05, 4.69) is 15.5 Å². The van der Waals surface area contributed by atoms with Crippen LogP contribution >= 0.6 is 0 Å². The normalized spacial score (nSPS) is 21.0. The first kappa shape index (κ1) is 10.6. The van der Waals surface area contributed by atoms with Gasteiger partial charge in [-0.1, -0.05) is 0 Å².